The van der Waals surface area contributed by atoms with Gasteiger partial charge in [0.1, 0.15) is 0 Å². The second-order valence-corrected chi connectivity index (χ2v) is 11.2. The Morgan fingerprint density at radius 2 is 1.49 bits per heavy atom. The van der Waals surface area contributed by atoms with Crippen molar-refractivity contribution in [2.24, 2.45) is 0 Å². The average Bonchev–Trinajstić information content (AvgIpc) is 3.42. The van der Waals surface area contributed by atoms with Crippen molar-refractivity contribution < 1.29 is 22.8 Å². The number of hydrogen-bond donors (Lipinski definition) is 1. The summed E-state index contributed by atoms with van der Waals surface area (Å²) in [6.07, 6.45) is 0. The van der Waals surface area contributed by atoms with Crippen LogP contribution in [-0.4, -0.2) is 67.5 Å². The molecule has 0 radical (unpaired) electrons. The van der Waals surface area contributed by atoms with E-state index in [0.29, 0.717) is 10.6 Å². The van der Waals surface area contributed by atoms with Crippen LogP contribution in [0, 0.1) is 0 Å². The topological polar surface area (TPSA) is 104 Å². The number of piperazine rings is 1. The van der Waals surface area contributed by atoms with Crippen molar-refractivity contribution >= 4 is 50.5 Å². The molecule has 3 amide bonds. The first-order valence-electron chi connectivity index (χ1n) is 10.7. The van der Waals surface area contributed by atoms with Crippen molar-refractivity contribution in [3.05, 3.63) is 87.6 Å². The molecule has 1 aromatic heterocycles. The zero-order chi connectivity index (χ0) is 25.0. The average molecular weight is 532 g/mol. The molecule has 1 N–H and O–H groups in total. The maximum atomic E-state index is 13.4. The van der Waals surface area contributed by atoms with Gasteiger partial charge in [-0.25, -0.2) is 8.42 Å². The molecular formula is C24H22ClN3O5S2. The van der Waals surface area contributed by atoms with Crippen molar-refractivity contribution in [2.75, 3.05) is 26.2 Å². The summed E-state index contributed by atoms with van der Waals surface area (Å²) in [6.45, 7) is 0.760. The molecular weight excluding hydrogens is 510 g/mol. The number of benzene rings is 2. The lowest BCUT2D eigenvalue weighted by Crippen LogP contribution is -2.57. The monoisotopic (exact) mass is 531 g/mol. The highest BCUT2D eigenvalue weighted by atomic mass is 35.5. The van der Waals surface area contributed by atoms with Gasteiger partial charge in [0.25, 0.3) is 17.7 Å². The second kappa shape index (κ2) is 10.6. The predicted octanol–water partition coefficient (Wildman–Crippen LogP) is 2.92. The molecule has 35 heavy (non-hydrogen) atoms. The lowest BCUT2D eigenvalue weighted by molar-refractivity contribution is -0.132. The maximum absolute atomic E-state index is 13.4. The number of carbonyl (C=O) groups is 3. The quantitative estimate of drug-likeness (QED) is 0.527. The normalized spacial score (nSPS) is 14.9. The third-order valence-electron chi connectivity index (χ3n) is 5.58. The summed E-state index contributed by atoms with van der Waals surface area (Å²) in [6, 6.07) is 17.4. The number of nitrogens with zero attached hydrogens (tertiary/aromatic N) is 2. The fraction of sp³-hybridized carbons (Fsp3) is 0.208. The highest BCUT2D eigenvalue weighted by Crippen LogP contribution is 2.21. The summed E-state index contributed by atoms with van der Waals surface area (Å²) < 4.78 is 26.8. The Bertz CT molecular complexity index is 1300. The maximum Gasteiger partial charge on any atom is 0.262 e. The fourth-order valence-corrected chi connectivity index (χ4v) is 5.91. The first-order valence-corrected chi connectivity index (χ1v) is 13.5. The van der Waals surface area contributed by atoms with Gasteiger partial charge in [0.2, 0.25) is 15.2 Å². The van der Waals surface area contributed by atoms with Gasteiger partial charge in [-0.05, 0) is 47.8 Å². The highest BCUT2D eigenvalue weighted by molar-refractivity contribution is 7.92. The molecule has 2 heterocycles. The lowest BCUT2D eigenvalue weighted by Gasteiger charge is -2.36. The Morgan fingerprint density at radius 1 is 0.857 bits per heavy atom. The van der Waals surface area contributed by atoms with E-state index in [1.165, 1.54) is 29.2 Å². The third-order valence-corrected chi connectivity index (χ3v) is 8.57. The molecule has 1 aliphatic rings. The van der Waals surface area contributed by atoms with Crippen molar-refractivity contribution in [1.29, 1.82) is 0 Å². The van der Waals surface area contributed by atoms with Crippen molar-refractivity contribution in [3.8, 4) is 0 Å². The molecule has 0 unspecified atom stereocenters. The van der Waals surface area contributed by atoms with Crippen LogP contribution in [0.15, 0.2) is 77.0 Å². The van der Waals surface area contributed by atoms with Gasteiger partial charge in [-0.1, -0.05) is 35.9 Å². The number of halogens is 1. The largest absolute Gasteiger partial charge is 0.336 e. The zero-order valence-corrected chi connectivity index (χ0v) is 20.9. The third kappa shape index (κ3) is 5.55. The van der Waals surface area contributed by atoms with Crippen LogP contribution in [0.5, 0.6) is 0 Å². The molecule has 3 aromatic rings. The summed E-state index contributed by atoms with van der Waals surface area (Å²) >= 11 is 7.03. The van der Waals surface area contributed by atoms with Gasteiger partial charge < -0.3 is 15.1 Å². The smallest absolute Gasteiger partial charge is 0.262 e. The van der Waals surface area contributed by atoms with E-state index in [1.54, 1.807) is 46.7 Å². The van der Waals surface area contributed by atoms with Crippen molar-refractivity contribution in [2.45, 2.75) is 10.3 Å². The number of rotatable bonds is 6. The predicted molar refractivity (Wildman–Crippen MR) is 133 cm³/mol. The van der Waals surface area contributed by atoms with Gasteiger partial charge in [0, 0.05) is 36.8 Å². The molecule has 182 valence electrons. The van der Waals surface area contributed by atoms with E-state index in [1.807, 2.05) is 6.07 Å². The standard InChI is InChI=1S/C24H22ClN3O5S2/c25-18-8-10-19(11-9-18)35(32,33)22(26-21(29)20-7-4-16-34-20)24(31)28-14-12-27(13-15-28)23(30)17-5-2-1-3-6-17/h1-11,16,22H,12-15H2,(H,26,29)/t22-/m1/s1. The van der Waals surface area contributed by atoms with Gasteiger partial charge >= 0.3 is 0 Å². The number of sulfone groups is 1. The molecule has 1 saturated heterocycles. The molecule has 1 fully saturated rings. The van der Waals surface area contributed by atoms with E-state index in [4.69, 9.17) is 11.6 Å². The highest BCUT2D eigenvalue weighted by Gasteiger charge is 2.39. The fourth-order valence-electron chi connectivity index (χ4n) is 3.69. The molecule has 2 aromatic carbocycles. The van der Waals surface area contributed by atoms with E-state index < -0.39 is 27.0 Å². The molecule has 1 aliphatic heterocycles. The zero-order valence-electron chi connectivity index (χ0n) is 18.5. The van der Waals surface area contributed by atoms with Gasteiger partial charge in [-0.2, -0.15) is 0 Å². The van der Waals surface area contributed by atoms with Gasteiger partial charge in [-0.3, -0.25) is 14.4 Å². The summed E-state index contributed by atoms with van der Waals surface area (Å²) in [5.74, 6) is -1.57. The van der Waals surface area contributed by atoms with Crippen LogP contribution < -0.4 is 5.32 Å². The molecule has 0 spiro atoms. The van der Waals surface area contributed by atoms with Gasteiger partial charge in [0.05, 0.1) is 9.77 Å². The van der Waals surface area contributed by atoms with Crippen LogP contribution in [-0.2, 0) is 14.6 Å². The Kier molecular flexibility index (Phi) is 7.54. The summed E-state index contributed by atoms with van der Waals surface area (Å²) in [5.41, 5.74) is 0.540. The van der Waals surface area contributed by atoms with Crippen LogP contribution in [0.25, 0.3) is 0 Å². The van der Waals surface area contributed by atoms with Crippen molar-refractivity contribution in [3.63, 3.8) is 0 Å². The first-order chi connectivity index (χ1) is 16.8. The Hall–Kier alpha value is -3.21. The van der Waals surface area contributed by atoms with Crippen LogP contribution in [0.4, 0.5) is 0 Å². The summed E-state index contributed by atoms with van der Waals surface area (Å²) in [7, 11) is -4.28. The van der Waals surface area contributed by atoms with Crippen LogP contribution in [0.1, 0.15) is 20.0 Å². The Balaban J connectivity index is 1.54. The molecule has 1 atom stereocenters. The number of nitrogens with one attached hydrogen (secondary N) is 1. The van der Waals surface area contributed by atoms with Gasteiger partial charge in [-0.15, -0.1) is 11.3 Å². The van der Waals surface area contributed by atoms with E-state index in [-0.39, 0.29) is 41.9 Å². The molecule has 0 bridgehead atoms. The molecule has 11 heteroatoms. The second-order valence-electron chi connectivity index (χ2n) is 7.81. The molecule has 8 nitrogen and oxygen atoms in total. The summed E-state index contributed by atoms with van der Waals surface area (Å²) in [4.78, 5) is 42.0. The van der Waals surface area contributed by atoms with Crippen LogP contribution in [0.3, 0.4) is 0 Å². The first kappa shape index (κ1) is 24.9. The van der Waals surface area contributed by atoms with E-state index in [0.717, 1.165) is 11.3 Å². The molecule has 4 rings (SSSR count). The molecule has 0 saturated carbocycles. The van der Waals surface area contributed by atoms with E-state index in [2.05, 4.69) is 5.32 Å². The van der Waals surface area contributed by atoms with E-state index in [9.17, 15) is 22.8 Å². The minimum absolute atomic E-state index is 0.135. The van der Waals surface area contributed by atoms with Crippen LogP contribution in [0.2, 0.25) is 5.02 Å². The van der Waals surface area contributed by atoms with Gasteiger partial charge in [0.15, 0.2) is 0 Å². The van der Waals surface area contributed by atoms with Crippen LogP contribution >= 0.6 is 22.9 Å². The Morgan fingerprint density at radius 3 is 2.09 bits per heavy atom. The minimum atomic E-state index is -4.28. The SMILES string of the molecule is O=C(N[C@@H](C(=O)N1CCN(C(=O)c2ccccc2)CC1)S(=O)(=O)c1ccc(Cl)cc1)c1cccs1. The minimum Gasteiger partial charge on any atom is -0.336 e. The number of hydrogen-bond acceptors (Lipinski definition) is 6. The molecule has 0 aliphatic carbocycles. The number of amides is 3. The number of thiophene rings is 1. The Labute approximate surface area is 212 Å². The summed E-state index contributed by atoms with van der Waals surface area (Å²) in [5, 5.41) is 2.61. The lowest BCUT2D eigenvalue weighted by atomic mass is 10.2. The van der Waals surface area contributed by atoms with Crippen molar-refractivity contribution in [1.82, 2.24) is 15.1 Å². The number of carbonyl (C=O) groups excluding carboxylic acids is 3. The van der Waals surface area contributed by atoms with E-state index >= 15 is 0 Å².